The molecule has 0 aliphatic carbocycles. The van der Waals surface area contributed by atoms with E-state index in [-0.39, 0.29) is 0 Å². The van der Waals surface area contributed by atoms with Gasteiger partial charge in [-0.25, -0.2) is 0 Å². The third-order valence-electron chi connectivity index (χ3n) is 2.36. The first-order valence-corrected chi connectivity index (χ1v) is 4.92. The van der Waals surface area contributed by atoms with Crippen LogP contribution in [0.1, 0.15) is 5.69 Å². The number of oxazole rings is 1. The number of anilines is 1. The lowest BCUT2D eigenvalue weighted by molar-refractivity contribution is 0.542. The Morgan fingerprint density at radius 3 is 2.88 bits per heavy atom. The maximum atomic E-state index is 5.80. The van der Waals surface area contributed by atoms with Crippen LogP contribution in [0.2, 0.25) is 0 Å². The van der Waals surface area contributed by atoms with Crippen LogP contribution in [-0.4, -0.2) is 14.8 Å². The number of para-hydroxylation sites is 1. The Balaban J connectivity index is 2.22. The molecule has 0 bridgehead atoms. The van der Waals surface area contributed by atoms with Gasteiger partial charge in [-0.2, -0.15) is 14.8 Å². The highest BCUT2D eigenvalue weighted by Gasteiger charge is 2.09. The minimum atomic E-state index is 0.431. The van der Waals surface area contributed by atoms with Crippen molar-refractivity contribution in [2.24, 2.45) is 0 Å². The van der Waals surface area contributed by atoms with E-state index in [1.165, 1.54) is 0 Å². The fourth-order valence-corrected chi connectivity index (χ4v) is 1.58. The van der Waals surface area contributed by atoms with Gasteiger partial charge < -0.3 is 10.2 Å². The Bertz CT molecular complexity index is 653. The third kappa shape index (κ3) is 1.25. The highest BCUT2D eigenvalue weighted by molar-refractivity contribution is 5.85. The molecule has 0 aliphatic rings. The molecule has 0 saturated carbocycles. The zero-order valence-corrected chi connectivity index (χ0v) is 8.71. The highest BCUT2D eigenvalue weighted by Crippen LogP contribution is 2.22. The lowest BCUT2D eigenvalue weighted by atomic mass is 10.3. The van der Waals surface area contributed by atoms with Gasteiger partial charge in [0.25, 0.3) is 0 Å². The van der Waals surface area contributed by atoms with E-state index in [1.54, 1.807) is 16.9 Å². The summed E-state index contributed by atoms with van der Waals surface area (Å²) in [7, 11) is 0. The van der Waals surface area contributed by atoms with Crippen molar-refractivity contribution in [1.82, 2.24) is 14.8 Å². The summed E-state index contributed by atoms with van der Waals surface area (Å²) < 4.78 is 7.15. The Morgan fingerprint density at radius 1 is 1.31 bits per heavy atom. The van der Waals surface area contributed by atoms with Gasteiger partial charge in [-0.05, 0) is 25.1 Å². The van der Waals surface area contributed by atoms with Crippen molar-refractivity contribution in [3.05, 3.63) is 36.2 Å². The molecule has 0 saturated heterocycles. The number of rotatable bonds is 1. The van der Waals surface area contributed by atoms with E-state index in [0.29, 0.717) is 22.8 Å². The van der Waals surface area contributed by atoms with Gasteiger partial charge in [0.2, 0.25) is 0 Å². The van der Waals surface area contributed by atoms with Crippen LogP contribution in [0.3, 0.4) is 0 Å². The van der Waals surface area contributed by atoms with Crippen LogP contribution in [-0.2, 0) is 0 Å². The number of nitrogen functional groups attached to an aromatic ring is 1. The summed E-state index contributed by atoms with van der Waals surface area (Å²) in [5.41, 5.74) is 8.66. The zero-order valence-electron chi connectivity index (χ0n) is 8.71. The molecule has 3 rings (SSSR count). The van der Waals surface area contributed by atoms with E-state index >= 15 is 0 Å². The molecule has 0 amide bonds. The van der Waals surface area contributed by atoms with Crippen molar-refractivity contribution >= 4 is 16.8 Å². The summed E-state index contributed by atoms with van der Waals surface area (Å²) in [6.45, 7) is 1.91. The third-order valence-corrected chi connectivity index (χ3v) is 2.36. The monoisotopic (exact) mass is 214 g/mol. The molecule has 0 aliphatic heterocycles. The average Bonchev–Trinajstić information content (AvgIpc) is 2.84. The van der Waals surface area contributed by atoms with Crippen LogP contribution < -0.4 is 5.73 Å². The Labute approximate surface area is 91.5 Å². The topological polar surface area (TPSA) is 69.9 Å². The molecule has 0 radical (unpaired) electrons. The first kappa shape index (κ1) is 8.96. The van der Waals surface area contributed by atoms with Crippen molar-refractivity contribution < 1.29 is 4.42 Å². The van der Waals surface area contributed by atoms with Gasteiger partial charge in [-0.15, -0.1) is 0 Å². The minimum absolute atomic E-state index is 0.431. The fourth-order valence-electron chi connectivity index (χ4n) is 1.58. The van der Waals surface area contributed by atoms with Gasteiger partial charge >= 0.3 is 6.01 Å². The van der Waals surface area contributed by atoms with Crippen LogP contribution in [0.4, 0.5) is 5.69 Å². The quantitative estimate of drug-likeness (QED) is 0.628. The highest BCUT2D eigenvalue weighted by atomic mass is 16.4. The molecule has 2 heterocycles. The number of benzene rings is 1. The van der Waals surface area contributed by atoms with Gasteiger partial charge in [0.05, 0.1) is 11.4 Å². The average molecular weight is 214 g/mol. The summed E-state index contributed by atoms with van der Waals surface area (Å²) in [6.07, 6.45) is 1.80. The van der Waals surface area contributed by atoms with Crippen molar-refractivity contribution in [3.8, 4) is 6.01 Å². The van der Waals surface area contributed by atoms with E-state index in [1.807, 2.05) is 25.1 Å². The predicted molar refractivity (Wildman–Crippen MR) is 60.3 cm³/mol. The summed E-state index contributed by atoms with van der Waals surface area (Å²) >= 11 is 0. The van der Waals surface area contributed by atoms with E-state index in [4.69, 9.17) is 10.2 Å². The SMILES string of the molecule is Cc1ccn(-c2nc3c(N)cccc3o2)n1. The molecule has 5 nitrogen and oxygen atoms in total. The van der Waals surface area contributed by atoms with Crippen molar-refractivity contribution in [3.63, 3.8) is 0 Å². The number of hydrogen-bond acceptors (Lipinski definition) is 4. The van der Waals surface area contributed by atoms with Crippen molar-refractivity contribution in [2.45, 2.75) is 6.92 Å². The predicted octanol–water partition coefficient (Wildman–Crippen LogP) is 1.90. The second kappa shape index (κ2) is 3.10. The summed E-state index contributed by atoms with van der Waals surface area (Å²) in [4.78, 5) is 4.30. The number of nitrogens with zero attached hydrogens (tertiary/aromatic N) is 3. The number of fused-ring (bicyclic) bond motifs is 1. The number of aromatic nitrogens is 3. The normalized spacial score (nSPS) is 11.1. The van der Waals surface area contributed by atoms with E-state index < -0.39 is 0 Å². The minimum Gasteiger partial charge on any atom is -0.422 e. The molecular weight excluding hydrogens is 204 g/mol. The first-order chi connectivity index (χ1) is 7.74. The Hall–Kier alpha value is -2.30. The first-order valence-electron chi connectivity index (χ1n) is 4.92. The molecule has 0 fully saturated rings. The summed E-state index contributed by atoms with van der Waals surface area (Å²) in [5.74, 6) is 0. The van der Waals surface area contributed by atoms with Gasteiger partial charge in [0.15, 0.2) is 5.58 Å². The molecule has 3 aromatic rings. The van der Waals surface area contributed by atoms with E-state index in [0.717, 1.165) is 5.69 Å². The number of aryl methyl sites for hydroxylation is 1. The number of hydrogen-bond donors (Lipinski definition) is 1. The van der Waals surface area contributed by atoms with Crippen molar-refractivity contribution in [2.75, 3.05) is 5.73 Å². The molecule has 0 atom stereocenters. The van der Waals surface area contributed by atoms with Crippen LogP contribution >= 0.6 is 0 Å². The summed E-state index contributed by atoms with van der Waals surface area (Å²) in [6, 6.07) is 7.78. The Kier molecular flexibility index (Phi) is 1.73. The second-order valence-corrected chi connectivity index (χ2v) is 3.59. The van der Waals surface area contributed by atoms with E-state index in [9.17, 15) is 0 Å². The fraction of sp³-hybridized carbons (Fsp3) is 0.0909. The molecule has 0 unspecified atom stereocenters. The van der Waals surface area contributed by atoms with Gasteiger partial charge in [0.1, 0.15) is 5.52 Å². The lowest BCUT2D eigenvalue weighted by Crippen LogP contribution is -1.94. The molecule has 80 valence electrons. The van der Waals surface area contributed by atoms with Crippen LogP contribution in [0.15, 0.2) is 34.9 Å². The molecule has 2 aromatic heterocycles. The van der Waals surface area contributed by atoms with Crippen LogP contribution in [0, 0.1) is 6.92 Å². The molecule has 5 heteroatoms. The number of nitrogens with two attached hydrogens (primary N) is 1. The van der Waals surface area contributed by atoms with Gasteiger partial charge in [-0.1, -0.05) is 6.07 Å². The molecule has 1 aromatic carbocycles. The van der Waals surface area contributed by atoms with Gasteiger partial charge in [-0.3, -0.25) is 0 Å². The van der Waals surface area contributed by atoms with E-state index in [2.05, 4.69) is 10.1 Å². The maximum Gasteiger partial charge on any atom is 0.323 e. The lowest BCUT2D eigenvalue weighted by Gasteiger charge is -1.90. The smallest absolute Gasteiger partial charge is 0.323 e. The molecular formula is C11H10N4O. The van der Waals surface area contributed by atoms with Crippen LogP contribution in [0.25, 0.3) is 17.1 Å². The molecule has 0 spiro atoms. The standard InChI is InChI=1S/C11H10N4O/c1-7-5-6-15(14-7)11-13-10-8(12)3-2-4-9(10)16-11/h2-6H,12H2,1H3. The zero-order chi connectivity index (χ0) is 11.1. The maximum absolute atomic E-state index is 5.80. The van der Waals surface area contributed by atoms with Gasteiger partial charge in [0, 0.05) is 6.20 Å². The second-order valence-electron chi connectivity index (χ2n) is 3.59. The largest absolute Gasteiger partial charge is 0.422 e. The Morgan fingerprint density at radius 2 is 2.19 bits per heavy atom. The van der Waals surface area contributed by atoms with Crippen LogP contribution in [0.5, 0.6) is 0 Å². The molecule has 16 heavy (non-hydrogen) atoms. The molecule has 2 N–H and O–H groups in total. The summed E-state index contributed by atoms with van der Waals surface area (Å²) in [5, 5.41) is 4.23. The van der Waals surface area contributed by atoms with Crippen molar-refractivity contribution in [1.29, 1.82) is 0 Å².